The van der Waals surface area contributed by atoms with Gasteiger partial charge in [-0.3, -0.25) is 0 Å². The highest BCUT2D eigenvalue weighted by atomic mass is 32.1. The highest BCUT2D eigenvalue weighted by Gasteiger charge is 2.06. The minimum absolute atomic E-state index is 0.215. The number of nitrogens with two attached hydrogens (primary N) is 1. The first-order valence-corrected chi connectivity index (χ1v) is 5.02. The third-order valence-electron chi connectivity index (χ3n) is 1.80. The molecule has 0 spiro atoms. The van der Waals surface area contributed by atoms with Crippen molar-refractivity contribution in [2.24, 2.45) is 5.73 Å². The fourth-order valence-electron chi connectivity index (χ4n) is 1.04. The molecular formula is C9H16N2S. The van der Waals surface area contributed by atoms with Crippen LogP contribution in [0.1, 0.15) is 17.3 Å². The average molecular weight is 184 g/mol. The van der Waals surface area contributed by atoms with Crippen molar-refractivity contribution in [1.82, 2.24) is 4.90 Å². The second-order valence-corrected chi connectivity index (χ2v) is 4.19. The van der Waals surface area contributed by atoms with Crippen molar-refractivity contribution in [1.29, 1.82) is 0 Å². The van der Waals surface area contributed by atoms with Gasteiger partial charge in [0.25, 0.3) is 0 Å². The van der Waals surface area contributed by atoms with Gasteiger partial charge in [0.05, 0.1) is 0 Å². The molecular weight excluding hydrogens is 168 g/mol. The molecule has 0 bridgehead atoms. The van der Waals surface area contributed by atoms with Gasteiger partial charge in [-0.25, -0.2) is 0 Å². The summed E-state index contributed by atoms with van der Waals surface area (Å²) in [5, 5.41) is 2.07. The average Bonchev–Trinajstić information content (AvgIpc) is 2.51. The van der Waals surface area contributed by atoms with Crippen LogP contribution in [0.3, 0.4) is 0 Å². The molecule has 2 N–H and O–H groups in total. The second-order valence-electron chi connectivity index (χ2n) is 3.21. The lowest BCUT2D eigenvalue weighted by Gasteiger charge is -2.13. The Kier molecular flexibility index (Phi) is 3.72. The van der Waals surface area contributed by atoms with E-state index in [-0.39, 0.29) is 6.04 Å². The van der Waals surface area contributed by atoms with Gasteiger partial charge < -0.3 is 10.6 Å². The van der Waals surface area contributed by atoms with Gasteiger partial charge in [0.1, 0.15) is 0 Å². The largest absolute Gasteiger partial charge is 0.323 e. The van der Waals surface area contributed by atoms with Crippen LogP contribution in [0, 0.1) is 0 Å². The lowest BCUT2D eigenvalue weighted by molar-refractivity contribution is 0.384. The van der Waals surface area contributed by atoms with Crippen molar-refractivity contribution in [2.45, 2.75) is 12.5 Å². The lowest BCUT2D eigenvalue weighted by atomic mass is 10.2. The van der Waals surface area contributed by atoms with Crippen molar-refractivity contribution in [3.63, 3.8) is 0 Å². The van der Waals surface area contributed by atoms with Crippen LogP contribution in [0.25, 0.3) is 0 Å². The molecule has 1 heterocycles. The van der Waals surface area contributed by atoms with Crippen LogP contribution in [0.4, 0.5) is 0 Å². The third kappa shape index (κ3) is 2.93. The van der Waals surface area contributed by atoms with Crippen molar-refractivity contribution in [3.05, 3.63) is 22.4 Å². The summed E-state index contributed by atoms with van der Waals surface area (Å²) in [7, 11) is 4.14. The molecule has 68 valence electrons. The predicted octanol–water partition coefficient (Wildman–Crippen LogP) is 1.70. The summed E-state index contributed by atoms with van der Waals surface area (Å²) < 4.78 is 0. The Morgan fingerprint density at radius 1 is 1.58 bits per heavy atom. The third-order valence-corrected chi connectivity index (χ3v) is 2.80. The van der Waals surface area contributed by atoms with Gasteiger partial charge in [-0.15, -0.1) is 11.3 Å². The highest BCUT2D eigenvalue weighted by Crippen LogP contribution is 2.19. The summed E-state index contributed by atoms with van der Waals surface area (Å²) in [6, 6.07) is 4.37. The predicted molar refractivity (Wildman–Crippen MR) is 54.4 cm³/mol. The molecule has 0 aliphatic carbocycles. The van der Waals surface area contributed by atoms with Gasteiger partial charge in [0.2, 0.25) is 0 Å². The molecule has 3 heteroatoms. The van der Waals surface area contributed by atoms with Crippen LogP contribution in [0.5, 0.6) is 0 Å². The van der Waals surface area contributed by atoms with E-state index in [1.807, 2.05) is 0 Å². The minimum atomic E-state index is 0.215. The monoisotopic (exact) mass is 184 g/mol. The fourth-order valence-corrected chi connectivity index (χ4v) is 1.81. The van der Waals surface area contributed by atoms with E-state index in [2.05, 4.69) is 36.5 Å². The van der Waals surface area contributed by atoms with E-state index in [1.165, 1.54) is 4.88 Å². The number of hydrogen-bond donors (Lipinski definition) is 1. The molecule has 0 unspecified atom stereocenters. The minimum Gasteiger partial charge on any atom is -0.323 e. The maximum absolute atomic E-state index is 5.97. The first-order chi connectivity index (χ1) is 5.70. The van der Waals surface area contributed by atoms with Crippen molar-refractivity contribution in [2.75, 3.05) is 20.6 Å². The maximum Gasteiger partial charge on any atom is 0.0401 e. The normalized spacial score (nSPS) is 13.7. The van der Waals surface area contributed by atoms with Gasteiger partial charge in [-0.1, -0.05) is 6.07 Å². The van der Waals surface area contributed by atoms with E-state index in [0.29, 0.717) is 0 Å². The topological polar surface area (TPSA) is 29.3 Å². The van der Waals surface area contributed by atoms with Gasteiger partial charge >= 0.3 is 0 Å². The Labute approximate surface area is 78.0 Å². The molecule has 1 aromatic rings. The first-order valence-electron chi connectivity index (χ1n) is 4.14. The van der Waals surface area contributed by atoms with Crippen molar-refractivity contribution in [3.8, 4) is 0 Å². The molecule has 0 saturated carbocycles. The Balaban J connectivity index is 2.34. The summed E-state index contributed by atoms with van der Waals surface area (Å²) in [6.07, 6.45) is 1.04. The SMILES string of the molecule is CN(C)CC[C@H](N)c1cccs1. The summed E-state index contributed by atoms with van der Waals surface area (Å²) in [5.41, 5.74) is 5.97. The maximum atomic E-state index is 5.97. The van der Waals surface area contributed by atoms with Crippen LogP contribution < -0.4 is 5.73 Å². The molecule has 1 aromatic heterocycles. The van der Waals surface area contributed by atoms with E-state index < -0.39 is 0 Å². The van der Waals surface area contributed by atoms with E-state index >= 15 is 0 Å². The summed E-state index contributed by atoms with van der Waals surface area (Å²) in [4.78, 5) is 3.45. The molecule has 1 atom stereocenters. The summed E-state index contributed by atoms with van der Waals surface area (Å²) in [6.45, 7) is 1.05. The molecule has 0 radical (unpaired) electrons. The van der Waals surface area contributed by atoms with Gasteiger partial charge in [-0.2, -0.15) is 0 Å². The van der Waals surface area contributed by atoms with Crippen LogP contribution >= 0.6 is 11.3 Å². The van der Waals surface area contributed by atoms with E-state index in [1.54, 1.807) is 11.3 Å². The molecule has 0 aliphatic rings. The van der Waals surface area contributed by atoms with E-state index in [4.69, 9.17) is 5.73 Å². The summed E-state index contributed by atoms with van der Waals surface area (Å²) in [5.74, 6) is 0. The zero-order valence-electron chi connectivity index (χ0n) is 7.66. The molecule has 0 saturated heterocycles. The quantitative estimate of drug-likeness (QED) is 0.771. The van der Waals surface area contributed by atoms with Crippen LogP contribution in [0.2, 0.25) is 0 Å². The standard InChI is InChI=1S/C9H16N2S/c1-11(2)6-5-8(10)9-4-3-7-12-9/h3-4,7-8H,5-6,10H2,1-2H3/t8-/m0/s1. The van der Waals surface area contributed by atoms with Crippen molar-refractivity contribution >= 4 is 11.3 Å². The van der Waals surface area contributed by atoms with Crippen LogP contribution in [-0.4, -0.2) is 25.5 Å². The van der Waals surface area contributed by atoms with E-state index in [0.717, 1.165) is 13.0 Å². The fraction of sp³-hybridized carbons (Fsp3) is 0.556. The zero-order valence-corrected chi connectivity index (χ0v) is 8.47. The number of rotatable bonds is 4. The Bertz CT molecular complexity index is 206. The number of hydrogen-bond acceptors (Lipinski definition) is 3. The van der Waals surface area contributed by atoms with Crippen LogP contribution in [0.15, 0.2) is 17.5 Å². The lowest BCUT2D eigenvalue weighted by Crippen LogP contribution is -2.19. The molecule has 0 amide bonds. The Hall–Kier alpha value is -0.380. The number of thiophene rings is 1. The molecule has 12 heavy (non-hydrogen) atoms. The van der Waals surface area contributed by atoms with Gasteiger partial charge in [0.15, 0.2) is 0 Å². The molecule has 0 aliphatic heterocycles. The molecule has 2 nitrogen and oxygen atoms in total. The first kappa shape index (κ1) is 9.71. The number of nitrogens with zero attached hydrogens (tertiary/aromatic N) is 1. The van der Waals surface area contributed by atoms with Crippen molar-refractivity contribution < 1.29 is 0 Å². The summed E-state index contributed by atoms with van der Waals surface area (Å²) >= 11 is 1.74. The molecule has 0 aromatic carbocycles. The van der Waals surface area contributed by atoms with Gasteiger partial charge in [0, 0.05) is 10.9 Å². The molecule has 0 fully saturated rings. The van der Waals surface area contributed by atoms with E-state index in [9.17, 15) is 0 Å². The van der Waals surface area contributed by atoms with Gasteiger partial charge in [-0.05, 0) is 38.5 Å². The Morgan fingerprint density at radius 3 is 2.83 bits per heavy atom. The highest BCUT2D eigenvalue weighted by molar-refractivity contribution is 7.10. The zero-order chi connectivity index (χ0) is 8.97. The smallest absolute Gasteiger partial charge is 0.0401 e. The Morgan fingerprint density at radius 2 is 2.33 bits per heavy atom. The van der Waals surface area contributed by atoms with Crippen LogP contribution in [-0.2, 0) is 0 Å². The molecule has 1 rings (SSSR count). The second kappa shape index (κ2) is 4.60.